The van der Waals surface area contributed by atoms with Gasteiger partial charge in [-0.05, 0) is 62.6 Å². The van der Waals surface area contributed by atoms with Crippen LogP contribution in [-0.4, -0.2) is 44.3 Å². The van der Waals surface area contributed by atoms with Crippen LogP contribution < -0.4 is 9.62 Å². The SMILES string of the molecule is CCNC(=O)[C@H](CC)N(Cc1ccccc1Cl)C(=O)CN(c1ccc(C)cc1C)S(=O)(=O)c1ccccc1. The summed E-state index contributed by atoms with van der Waals surface area (Å²) >= 11 is 6.41. The lowest BCUT2D eigenvalue weighted by Gasteiger charge is -2.33. The molecule has 0 fully saturated rings. The second-order valence-corrected chi connectivity index (χ2v) is 11.3. The highest BCUT2D eigenvalue weighted by atomic mass is 35.5. The number of rotatable bonds is 11. The van der Waals surface area contributed by atoms with Crippen molar-refractivity contribution in [3.05, 3.63) is 94.5 Å². The predicted octanol–water partition coefficient (Wildman–Crippen LogP) is 5.10. The zero-order valence-electron chi connectivity index (χ0n) is 22.1. The van der Waals surface area contributed by atoms with Gasteiger partial charge in [-0.1, -0.05) is 72.6 Å². The minimum Gasteiger partial charge on any atom is -0.355 e. The summed E-state index contributed by atoms with van der Waals surface area (Å²) in [6, 6.07) is 19.7. The normalized spacial score (nSPS) is 12.0. The van der Waals surface area contributed by atoms with Gasteiger partial charge >= 0.3 is 0 Å². The Balaban J connectivity index is 2.10. The van der Waals surface area contributed by atoms with E-state index in [1.807, 2.05) is 32.9 Å². The van der Waals surface area contributed by atoms with Gasteiger partial charge in [-0.15, -0.1) is 0 Å². The summed E-state index contributed by atoms with van der Waals surface area (Å²) in [4.78, 5) is 28.5. The molecule has 0 heterocycles. The number of benzene rings is 3. The van der Waals surface area contributed by atoms with Gasteiger partial charge in [0.25, 0.3) is 10.0 Å². The number of nitrogens with zero attached hydrogens (tertiary/aromatic N) is 2. The van der Waals surface area contributed by atoms with Crippen LogP contribution in [0.4, 0.5) is 5.69 Å². The third kappa shape index (κ3) is 6.74. The first-order valence-electron chi connectivity index (χ1n) is 12.6. The Bertz CT molecular complexity index is 1380. The Kier molecular flexibility index (Phi) is 9.94. The van der Waals surface area contributed by atoms with E-state index in [0.717, 1.165) is 9.87 Å². The molecule has 0 aliphatic carbocycles. The van der Waals surface area contributed by atoms with Crippen molar-refractivity contribution in [1.29, 1.82) is 0 Å². The zero-order valence-corrected chi connectivity index (χ0v) is 23.7. The number of sulfonamides is 1. The Morgan fingerprint density at radius 2 is 1.61 bits per heavy atom. The highest BCUT2D eigenvalue weighted by Gasteiger charge is 2.34. The first-order valence-corrected chi connectivity index (χ1v) is 14.4. The number of hydrogen-bond acceptors (Lipinski definition) is 4. The van der Waals surface area contributed by atoms with Crippen LogP contribution in [0.25, 0.3) is 0 Å². The van der Waals surface area contributed by atoms with Crippen LogP contribution in [0, 0.1) is 13.8 Å². The van der Waals surface area contributed by atoms with E-state index in [4.69, 9.17) is 11.6 Å². The first kappa shape index (κ1) is 29.2. The molecule has 0 saturated heterocycles. The van der Waals surface area contributed by atoms with Crippen molar-refractivity contribution in [2.45, 2.75) is 51.6 Å². The average molecular weight is 556 g/mol. The lowest BCUT2D eigenvalue weighted by Crippen LogP contribution is -2.52. The molecule has 0 saturated carbocycles. The molecular weight excluding hydrogens is 522 g/mol. The number of hydrogen-bond donors (Lipinski definition) is 1. The largest absolute Gasteiger partial charge is 0.355 e. The third-order valence-corrected chi connectivity index (χ3v) is 8.41. The predicted molar refractivity (Wildman–Crippen MR) is 152 cm³/mol. The van der Waals surface area contributed by atoms with Crippen LogP contribution in [0.2, 0.25) is 5.02 Å². The molecular formula is C29H34ClN3O4S. The van der Waals surface area contributed by atoms with Gasteiger partial charge in [-0.3, -0.25) is 13.9 Å². The first-order chi connectivity index (χ1) is 18.1. The quantitative estimate of drug-likeness (QED) is 0.357. The second kappa shape index (κ2) is 12.9. The average Bonchev–Trinajstić information content (AvgIpc) is 2.89. The van der Waals surface area contributed by atoms with Crippen molar-refractivity contribution >= 4 is 39.1 Å². The number of nitrogens with one attached hydrogen (secondary N) is 1. The fourth-order valence-corrected chi connectivity index (χ4v) is 6.04. The highest BCUT2D eigenvalue weighted by Crippen LogP contribution is 2.28. The van der Waals surface area contributed by atoms with Gasteiger partial charge in [0.1, 0.15) is 12.6 Å². The maximum absolute atomic E-state index is 14.0. The van der Waals surface area contributed by atoms with Gasteiger partial charge in [0.05, 0.1) is 10.6 Å². The number of anilines is 1. The highest BCUT2D eigenvalue weighted by molar-refractivity contribution is 7.92. The minimum atomic E-state index is -4.10. The minimum absolute atomic E-state index is 0.0558. The zero-order chi connectivity index (χ0) is 27.9. The molecule has 0 aliphatic heterocycles. The van der Waals surface area contributed by atoms with E-state index in [2.05, 4.69) is 5.32 Å². The lowest BCUT2D eigenvalue weighted by molar-refractivity contribution is -0.140. The van der Waals surface area contributed by atoms with Gasteiger partial charge in [0, 0.05) is 18.1 Å². The van der Waals surface area contributed by atoms with Gasteiger partial charge < -0.3 is 10.2 Å². The van der Waals surface area contributed by atoms with Crippen molar-refractivity contribution < 1.29 is 18.0 Å². The molecule has 0 unspecified atom stereocenters. The molecule has 0 spiro atoms. The Hall–Kier alpha value is -3.36. The molecule has 7 nitrogen and oxygen atoms in total. The van der Waals surface area contributed by atoms with Crippen LogP contribution in [0.15, 0.2) is 77.7 Å². The van der Waals surface area contributed by atoms with Crippen molar-refractivity contribution in [3.8, 4) is 0 Å². The fraction of sp³-hybridized carbons (Fsp3) is 0.310. The van der Waals surface area contributed by atoms with Gasteiger partial charge in [0.2, 0.25) is 11.8 Å². The number of carbonyl (C=O) groups is 2. The molecule has 1 atom stereocenters. The van der Waals surface area contributed by atoms with E-state index in [1.165, 1.54) is 17.0 Å². The van der Waals surface area contributed by atoms with E-state index in [9.17, 15) is 18.0 Å². The van der Waals surface area contributed by atoms with Crippen molar-refractivity contribution in [1.82, 2.24) is 10.2 Å². The fourth-order valence-electron chi connectivity index (χ4n) is 4.34. The van der Waals surface area contributed by atoms with E-state index >= 15 is 0 Å². The molecule has 9 heteroatoms. The number of carbonyl (C=O) groups excluding carboxylic acids is 2. The third-order valence-electron chi connectivity index (χ3n) is 6.27. The van der Waals surface area contributed by atoms with E-state index in [-0.39, 0.29) is 17.3 Å². The van der Waals surface area contributed by atoms with Crippen LogP contribution in [-0.2, 0) is 26.2 Å². The van der Waals surface area contributed by atoms with Gasteiger partial charge in [-0.25, -0.2) is 8.42 Å². The van der Waals surface area contributed by atoms with Crippen molar-refractivity contribution in [2.24, 2.45) is 0 Å². The lowest BCUT2D eigenvalue weighted by atomic mass is 10.1. The van der Waals surface area contributed by atoms with Crippen LogP contribution >= 0.6 is 11.6 Å². The number of amides is 2. The summed E-state index contributed by atoms with van der Waals surface area (Å²) in [5, 5.41) is 3.25. The summed E-state index contributed by atoms with van der Waals surface area (Å²) in [6.45, 7) is 7.32. The Morgan fingerprint density at radius 1 is 0.947 bits per heavy atom. The number of likely N-dealkylation sites (N-methyl/N-ethyl adjacent to an activating group) is 1. The topological polar surface area (TPSA) is 86.8 Å². The summed E-state index contributed by atoms with van der Waals surface area (Å²) in [7, 11) is -4.10. The molecule has 0 aromatic heterocycles. The van der Waals surface area contributed by atoms with Gasteiger partial charge in [0.15, 0.2) is 0 Å². The number of halogens is 1. The molecule has 1 N–H and O–H groups in total. The van der Waals surface area contributed by atoms with Gasteiger partial charge in [-0.2, -0.15) is 0 Å². The van der Waals surface area contributed by atoms with Crippen molar-refractivity contribution in [2.75, 3.05) is 17.4 Å². The molecule has 0 radical (unpaired) electrons. The molecule has 3 aromatic carbocycles. The maximum atomic E-state index is 14.0. The standard InChI is InChI=1S/C29H34ClN3O4S/c1-5-26(29(35)31-6-2)32(19-23-12-10-11-15-25(23)30)28(34)20-33(27-17-16-21(3)18-22(27)4)38(36,37)24-13-8-7-9-14-24/h7-18,26H,5-6,19-20H2,1-4H3,(H,31,35)/t26-/m0/s1. The molecule has 38 heavy (non-hydrogen) atoms. The maximum Gasteiger partial charge on any atom is 0.264 e. The van der Waals surface area contributed by atoms with Crippen LogP contribution in [0.3, 0.4) is 0 Å². The molecule has 0 aliphatic rings. The molecule has 0 bridgehead atoms. The van der Waals surface area contributed by atoms with E-state index in [0.29, 0.717) is 34.8 Å². The van der Waals surface area contributed by atoms with Crippen LogP contribution in [0.5, 0.6) is 0 Å². The molecule has 2 amide bonds. The van der Waals surface area contributed by atoms with E-state index in [1.54, 1.807) is 55.5 Å². The van der Waals surface area contributed by atoms with E-state index < -0.39 is 28.5 Å². The Morgan fingerprint density at radius 3 is 2.21 bits per heavy atom. The number of aryl methyl sites for hydroxylation is 2. The Labute approximate surface area is 230 Å². The monoisotopic (exact) mass is 555 g/mol. The summed E-state index contributed by atoms with van der Waals surface area (Å²) in [5.74, 6) is -0.818. The molecule has 202 valence electrons. The molecule has 3 rings (SSSR count). The summed E-state index contributed by atoms with van der Waals surface area (Å²) in [6.07, 6.45) is 0.344. The van der Waals surface area contributed by atoms with Crippen LogP contribution in [0.1, 0.15) is 37.0 Å². The summed E-state index contributed by atoms with van der Waals surface area (Å²) in [5.41, 5.74) is 2.74. The molecule has 3 aromatic rings. The second-order valence-electron chi connectivity index (χ2n) is 9.05. The summed E-state index contributed by atoms with van der Waals surface area (Å²) < 4.78 is 28.9. The van der Waals surface area contributed by atoms with Crippen molar-refractivity contribution in [3.63, 3.8) is 0 Å². The smallest absolute Gasteiger partial charge is 0.264 e.